The fourth-order valence-corrected chi connectivity index (χ4v) is 4.07. The van der Waals surface area contributed by atoms with Gasteiger partial charge in [0, 0.05) is 0 Å². The number of hydrogen-bond acceptors (Lipinski definition) is 10. The van der Waals surface area contributed by atoms with E-state index < -0.39 is 52.4 Å². The van der Waals surface area contributed by atoms with Gasteiger partial charge in [0.15, 0.2) is 17.4 Å². The predicted octanol–water partition coefficient (Wildman–Crippen LogP) is -2.19. The molecule has 0 radical (unpaired) electrons. The molecule has 0 spiro atoms. The van der Waals surface area contributed by atoms with Gasteiger partial charge in [-0.3, -0.25) is 13.9 Å². The second kappa shape index (κ2) is 8.55. The number of aliphatic hydroxyl groups is 2. The van der Waals surface area contributed by atoms with Crippen molar-refractivity contribution in [3.63, 3.8) is 0 Å². The molecule has 0 saturated carbocycles. The summed E-state index contributed by atoms with van der Waals surface area (Å²) in [6.45, 7) is -0.844. The molecule has 6 N–H and O–H groups in total. The summed E-state index contributed by atoms with van der Waals surface area (Å²) < 4.78 is 36.6. The summed E-state index contributed by atoms with van der Waals surface area (Å²) in [5.41, 5.74) is -0.533. The molecule has 2 aromatic heterocycles. The summed E-state index contributed by atoms with van der Waals surface area (Å²) in [7, 11) is -10.5. The van der Waals surface area contributed by atoms with E-state index in [4.69, 9.17) is 14.5 Å². The van der Waals surface area contributed by atoms with Crippen LogP contribution in [0.5, 0.6) is 0 Å². The monoisotopic (exact) mass is 454 g/mol. The van der Waals surface area contributed by atoms with Gasteiger partial charge in [-0.15, -0.1) is 0 Å². The number of fused-ring (bicyclic) bond motifs is 1. The summed E-state index contributed by atoms with van der Waals surface area (Å²) in [5.74, 6) is 0. The molecule has 3 rings (SSSR count). The Morgan fingerprint density at radius 2 is 1.93 bits per heavy atom. The number of phosphoric ester groups is 1. The SMILES string of the molecule is O=c1[nH]cnc2c1ncn2[C@@H]1O[C@H](COP(=O)(O)OP(=O)(O)O)[C@@H](O)[C@H]1O.[H-].[H-].[Mg+2]. The molecule has 5 atom stereocenters. The number of ether oxygens (including phenoxy) is 1. The van der Waals surface area contributed by atoms with Gasteiger partial charge in [-0.2, -0.15) is 4.31 Å². The minimum absolute atomic E-state index is 0. The number of imidazole rings is 1. The van der Waals surface area contributed by atoms with E-state index in [0.29, 0.717) is 0 Å². The summed E-state index contributed by atoms with van der Waals surface area (Å²) in [6.07, 6.45) is -3.56. The molecule has 0 aromatic carbocycles. The zero-order chi connectivity index (χ0) is 20.0. The van der Waals surface area contributed by atoms with Gasteiger partial charge in [0.05, 0.1) is 19.3 Å². The predicted molar refractivity (Wildman–Crippen MR) is 91.0 cm³/mol. The van der Waals surface area contributed by atoms with Crippen LogP contribution < -0.4 is 5.56 Å². The number of aromatic amines is 1. The van der Waals surface area contributed by atoms with Crippen LogP contribution in [0, 0.1) is 0 Å². The van der Waals surface area contributed by atoms with Crippen molar-refractivity contribution in [1.82, 2.24) is 19.5 Å². The molecule has 0 bridgehead atoms. The van der Waals surface area contributed by atoms with E-state index >= 15 is 0 Å². The number of rotatable bonds is 6. The number of phosphoric acid groups is 2. The quantitative estimate of drug-likeness (QED) is 0.201. The fourth-order valence-electron chi connectivity index (χ4n) is 2.47. The van der Waals surface area contributed by atoms with Crippen molar-refractivity contribution in [2.75, 3.05) is 6.61 Å². The largest absolute Gasteiger partial charge is 2.00 e. The van der Waals surface area contributed by atoms with Crippen molar-refractivity contribution in [2.24, 2.45) is 0 Å². The third kappa shape index (κ3) is 5.05. The average Bonchev–Trinajstić information content (AvgIpc) is 3.07. The maximum atomic E-state index is 11.7. The molecule has 1 unspecified atom stereocenters. The van der Waals surface area contributed by atoms with E-state index in [1.165, 1.54) is 4.57 Å². The van der Waals surface area contributed by atoms with Gasteiger partial charge in [0.25, 0.3) is 5.56 Å². The first-order valence-corrected chi connectivity index (χ1v) is 10.2. The molecular weight excluding hydrogens is 438 g/mol. The molecule has 18 heteroatoms. The van der Waals surface area contributed by atoms with Crippen LogP contribution in [-0.2, 0) is 22.7 Å². The molecule has 28 heavy (non-hydrogen) atoms. The Labute approximate surface area is 174 Å². The number of hydrogen-bond donors (Lipinski definition) is 6. The maximum Gasteiger partial charge on any atom is 2.00 e. The van der Waals surface area contributed by atoms with Crippen molar-refractivity contribution >= 4 is 49.9 Å². The topological polar surface area (TPSA) is 227 Å². The molecule has 15 nitrogen and oxygen atoms in total. The Kier molecular flexibility index (Phi) is 7.19. The van der Waals surface area contributed by atoms with E-state index in [9.17, 15) is 29.0 Å². The third-order valence-electron chi connectivity index (χ3n) is 3.59. The number of aliphatic hydroxyl groups excluding tert-OH is 2. The van der Waals surface area contributed by atoms with E-state index in [2.05, 4.69) is 23.8 Å². The molecular formula is C10H16MgN4O11P2. The van der Waals surface area contributed by atoms with Gasteiger partial charge in [-0.25, -0.2) is 19.1 Å². The molecule has 1 fully saturated rings. The Morgan fingerprint density at radius 3 is 2.57 bits per heavy atom. The molecule has 0 aliphatic carbocycles. The Balaban J connectivity index is 0.00000280. The van der Waals surface area contributed by atoms with Crippen molar-refractivity contribution in [3.8, 4) is 0 Å². The van der Waals surface area contributed by atoms with Crippen molar-refractivity contribution < 1.29 is 50.4 Å². The van der Waals surface area contributed by atoms with E-state index in [0.717, 1.165) is 12.7 Å². The first kappa shape index (κ1) is 23.5. The van der Waals surface area contributed by atoms with Crippen LogP contribution in [0.4, 0.5) is 0 Å². The van der Waals surface area contributed by atoms with E-state index in [-0.39, 0.29) is 37.1 Å². The zero-order valence-electron chi connectivity index (χ0n) is 15.8. The second-order valence-electron chi connectivity index (χ2n) is 5.44. The van der Waals surface area contributed by atoms with Crippen LogP contribution in [0.1, 0.15) is 9.08 Å². The molecule has 154 valence electrons. The number of aromatic nitrogens is 4. The van der Waals surface area contributed by atoms with Crippen molar-refractivity contribution in [2.45, 2.75) is 24.5 Å². The second-order valence-corrected chi connectivity index (χ2v) is 8.27. The summed E-state index contributed by atoms with van der Waals surface area (Å²) in [4.78, 5) is 48.0. The number of H-pyrrole nitrogens is 1. The summed E-state index contributed by atoms with van der Waals surface area (Å²) in [6, 6.07) is 0. The number of nitrogens with zero attached hydrogens (tertiary/aromatic N) is 3. The van der Waals surface area contributed by atoms with Gasteiger partial charge in [-0.1, -0.05) is 0 Å². The van der Waals surface area contributed by atoms with Crippen LogP contribution in [-0.4, -0.2) is 92.4 Å². The van der Waals surface area contributed by atoms with Gasteiger partial charge in [0.2, 0.25) is 0 Å². The van der Waals surface area contributed by atoms with Gasteiger partial charge in [-0.05, 0) is 0 Å². The summed E-state index contributed by atoms with van der Waals surface area (Å²) >= 11 is 0. The van der Waals surface area contributed by atoms with Gasteiger partial charge in [0.1, 0.15) is 18.3 Å². The molecule has 3 heterocycles. The third-order valence-corrected chi connectivity index (χ3v) is 5.74. The van der Waals surface area contributed by atoms with Crippen LogP contribution in [0.25, 0.3) is 11.2 Å². The molecule has 0 amide bonds. The van der Waals surface area contributed by atoms with Crippen molar-refractivity contribution in [1.29, 1.82) is 0 Å². The molecule has 2 aromatic rings. The summed E-state index contributed by atoms with van der Waals surface area (Å²) in [5, 5.41) is 20.2. The molecule has 1 saturated heterocycles. The maximum absolute atomic E-state index is 11.7. The molecule has 1 aliphatic rings. The normalized spacial score (nSPS) is 27.5. The van der Waals surface area contributed by atoms with Gasteiger partial charge >= 0.3 is 38.7 Å². The van der Waals surface area contributed by atoms with Gasteiger partial charge < -0.3 is 37.5 Å². The zero-order valence-corrected chi connectivity index (χ0v) is 17.0. The molecule has 1 aliphatic heterocycles. The van der Waals surface area contributed by atoms with Crippen LogP contribution >= 0.6 is 15.6 Å². The Bertz CT molecular complexity index is 1000. The standard InChI is InChI=1S/C10H14N4O11P2.Mg.2H/c15-6-4(1-23-27(21,22)25-26(18,19)20)24-10(7(6)16)14-3-13-5-8(14)11-2-12-9(5)17;;;/h2-4,6-7,10,15-16H,1H2,(H,21,22)(H,11,12,17)(H2,18,19,20);;;/q;+2;2*-1/t4-,6-,7-,10-;;;/m1.../s1. The number of nitrogens with one attached hydrogen (secondary N) is 1. The fraction of sp³-hybridized carbons (Fsp3) is 0.500. The van der Waals surface area contributed by atoms with Crippen LogP contribution in [0.2, 0.25) is 0 Å². The van der Waals surface area contributed by atoms with Crippen molar-refractivity contribution in [3.05, 3.63) is 23.0 Å². The first-order valence-electron chi connectivity index (χ1n) is 7.14. The minimum Gasteiger partial charge on any atom is -1.00 e. The van der Waals surface area contributed by atoms with Crippen LogP contribution in [0.3, 0.4) is 0 Å². The smallest absolute Gasteiger partial charge is 1.00 e. The Morgan fingerprint density at radius 1 is 1.25 bits per heavy atom. The first-order chi connectivity index (χ1) is 12.5. The van der Waals surface area contributed by atoms with E-state index in [1.54, 1.807) is 0 Å². The average molecular weight is 455 g/mol. The Hall–Kier alpha value is -0.744. The minimum atomic E-state index is -5.30. The van der Waals surface area contributed by atoms with Crippen LogP contribution in [0.15, 0.2) is 17.4 Å². The van der Waals surface area contributed by atoms with E-state index in [1.807, 2.05) is 0 Å².